The van der Waals surface area contributed by atoms with Crippen molar-refractivity contribution >= 4 is 11.8 Å². The van der Waals surface area contributed by atoms with Gasteiger partial charge in [-0.1, -0.05) is 6.92 Å². The van der Waals surface area contributed by atoms with Crippen molar-refractivity contribution in [2.75, 3.05) is 18.8 Å². The van der Waals surface area contributed by atoms with Gasteiger partial charge in [0, 0.05) is 11.3 Å². The quantitative estimate of drug-likeness (QED) is 0.665. The topological polar surface area (TPSA) is 38.0 Å². The van der Waals surface area contributed by atoms with Crippen LogP contribution in [0, 0.1) is 0 Å². The Morgan fingerprint density at radius 3 is 3.00 bits per heavy atom. The van der Waals surface area contributed by atoms with Crippen molar-refractivity contribution < 1.29 is 0 Å². The Labute approximate surface area is 86.0 Å². The third kappa shape index (κ3) is 4.34. The molecule has 0 aromatic rings. The lowest BCUT2D eigenvalue weighted by Gasteiger charge is -2.29. The maximum absolute atomic E-state index is 5.44. The monoisotopic (exact) mass is 202 g/mol. The molecule has 0 aliphatic carbocycles. The van der Waals surface area contributed by atoms with Gasteiger partial charge >= 0.3 is 0 Å². The van der Waals surface area contributed by atoms with E-state index in [-0.39, 0.29) is 0 Å². The van der Waals surface area contributed by atoms with E-state index in [1.165, 1.54) is 25.0 Å². The lowest BCUT2D eigenvalue weighted by Crippen LogP contribution is -2.39. The predicted octanol–water partition coefficient (Wildman–Crippen LogP) is 1.60. The largest absolute Gasteiger partial charge is 0.330 e. The molecule has 13 heavy (non-hydrogen) atoms. The second-order valence-corrected chi connectivity index (χ2v) is 5.26. The van der Waals surface area contributed by atoms with Crippen LogP contribution in [0.4, 0.5) is 0 Å². The summed E-state index contributed by atoms with van der Waals surface area (Å²) in [7, 11) is 0. The summed E-state index contributed by atoms with van der Waals surface area (Å²) in [6.07, 6.45) is 5.12. The maximum Gasteiger partial charge on any atom is 0.0184 e. The molecule has 0 radical (unpaired) electrons. The normalized spacial score (nSPS) is 29.1. The molecule has 1 aliphatic heterocycles. The zero-order valence-corrected chi connectivity index (χ0v) is 9.41. The SMILES string of the molecule is CC1SCCCC1NCCCCN. The van der Waals surface area contributed by atoms with Gasteiger partial charge in [0.2, 0.25) is 0 Å². The Bertz CT molecular complexity index is 130. The van der Waals surface area contributed by atoms with Gasteiger partial charge in [-0.15, -0.1) is 0 Å². The van der Waals surface area contributed by atoms with Gasteiger partial charge in [-0.25, -0.2) is 0 Å². The Hall–Kier alpha value is 0.270. The molecule has 0 amide bonds. The van der Waals surface area contributed by atoms with Gasteiger partial charge in [0.15, 0.2) is 0 Å². The van der Waals surface area contributed by atoms with E-state index < -0.39 is 0 Å². The molecule has 1 heterocycles. The molecule has 0 spiro atoms. The van der Waals surface area contributed by atoms with E-state index in [2.05, 4.69) is 24.0 Å². The van der Waals surface area contributed by atoms with Gasteiger partial charge in [-0.3, -0.25) is 0 Å². The van der Waals surface area contributed by atoms with Crippen LogP contribution in [0.15, 0.2) is 0 Å². The van der Waals surface area contributed by atoms with Crippen molar-refractivity contribution in [3.8, 4) is 0 Å². The molecule has 0 saturated carbocycles. The molecule has 2 atom stereocenters. The number of rotatable bonds is 5. The minimum absolute atomic E-state index is 0.747. The summed E-state index contributed by atoms with van der Waals surface area (Å²) in [6.45, 7) is 4.31. The molecule has 1 saturated heterocycles. The van der Waals surface area contributed by atoms with E-state index in [9.17, 15) is 0 Å². The smallest absolute Gasteiger partial charge is 0.0184 e. The average molecular weight is 202 g/mol. The van der Waals surface area contributed by atoms with Crippen LogP contribution in [-0.2, 0) is 0 Å². The van der Waals surface area contributed by atoms with Crippen LogP contribution >= 0.6 is 11.8 Å². The van der Waals surface area contributed by atoms with Crippen LogP contribution in [-0.4, -0.2) is 30.1 Å². The number of thioether (sulfide) groups is 1. The molecule has 0 aromatic heterocycles. The molecular weight excluding hydrogens is 180 g/mol. The van der Waals surface area contributed by atoms with Gasteiger partial charge in [-0.05, 0) is 44.5 Å². The summed E-state index contributed by atoms with van der Waals surface area (Å²) in [5, 5.41) is 4.43. The highest BCUT2D eigenvalue weighted by molar-refractivity contribution is 7.99. The molecule has 3 heteroatoms. The Morgan fingerprint density at radius 2 is 2.31 bits per heavy atom. The first-order valence-corrected chi connectivity index (χ1v) is 6.44. The summed E-state index contributed by atoms with van der Waals surface area (Å²) in [6, 6.07) is 0.747. The molecular formula is C10H22N2S. The van der Waals surface area contributed by atoms with Crippen LogP contribution in [0.25, 0.3) is 0 Å². The standard InChI is InChI=1S/C10H22N2S/c1-9-10(5-4-8-13-9)12-7-3-2-6-11/h9-10,12H,2-8,11H2,1H3. The number of nitrogens with two attached hydrogens (primary N) is 1. The third-order valence-electron chi connectivity index (χ3n) is 2.64. The van der Waals surface area contributed by atoms with Crippen LogP contribution < -0.4 is 11.1 Å². The average Bonchev–Trinajstić information content (AvgIpc) is 2.15. The third-order valence-corrected chi connectivity index (χ3v) is 4.02. The van der Waals surface area contributed by atoms with E-state index in [4.69, 9.17) is 5.73 Å². The van der Waals surface area contributed by atoms with Gasteiger partial charge in [0.05, 0.1) is 0 Å². The fraction of sp³-hybridized carbons (Fsp3) is 1.00. The lowest BCUT2D eigenvalue weighted by molar-refractivity contribution is 0.455. The number of unbranched alkanes of at least 4 members (excludes halogenated alkanes) is 1. The zero-order chi connectivity index (χ0) is 9.52. The summed E-state index contributed by atoms with van der Waals surface area (Å²) in [5.41, 5.74) is 5.44. The van der Waals surface area contributed by atoms with E-state index in [0.29, 0.717) is 0 Å². The number of nitrogens with one attached hydrogen (secondary N) is 1. The van der Waals surface area contributed by atoms with Gasteiger partial charge in [-0.2, -0.15) is 11.8 Å². The van der Waals surface area contributed by atoms with Gasteiger partial charge < -0.3 is 11.1 Å². The molecule has 2 unspecified atom stereocenters. The second kappa shape index (κ2) is 6.68. The fourth-order valence-electron chi connectivity index (χ4n) is 1.75. The summed E-state index contributed by atoms with van der Waals surface area (Å²) in [4.78, 5) is 0. The molecule has 78 valence electrons. The fourth-order valence-corrected chi connectivity index (χ4v) is 2.92. The van der Waals surface area contributed by atoms with E-state index in [0.717, 1.165) is 30.8 Å². The molecule has 1 fully saturated rings. The highest BCUT2D eigenvalue weighted by Crippen LogP contribution is 2.24. The second-order valence-electron chi connectivity index (χ2n) is 3.77. The number of hydrogen-bond acceptors (Lipinski definition) is 3. The van der Waals surface area contributed by atoms with Crippen molar-refractivity contribution in [2.24, 2.45) is 5.73 Å². The minimum atomic E-state index is 0.747. The van der Waals surface area contributed by atoms with Crippen molar-refractivity contribution in [1.29, 1.82) is 0 Å². The van der Waals surface area contributed by atoms with Crippen LogP contribution in [0.1, 0.15) is 32.6 Å². The minimum Gasteiger partial charge on any atom is -0.330 e. The highest BCUT2D eigenvalue weighted by atomic mass is 32.2. The number of hydrogen-bond donors (Lipinski definition) is 2. The Morgan fingerprint density at radius 1 is 1.46 bits per heavy atom. The first-order valence-electron chi connectivity index (χ1n) is 5.39. The maximum atomic E-state index is 5.44. The first-order chi connectivity index (χ1) is 6.34. The molecule has 1 aliphatic rings. The summed E-state index contributed by atoms with van der Waals surface area (Å²) >= 11 is 2.10. The van der Waals surface area contributed by atoms with E-state index in [1.54, 1.807) is 0 Å². The van der Waals surface area contributed by atoms with E-state index >= 15 is 0 Å². The van der Waals surface area contributed by atoms with Crippen molar-refractivity contribution in [3.63, 3.8) is 0 Å². The van der Waals surface area contributed by atoms with Crippen molar-refractivity contribution in [2.45, 2.75) is 43.9 Å². The Kier molecular flexibility index (Phi) is 5.83. The van der Waals surface area contributed by atoms with E-state index in [1.807, 2.05) is 0 Å². The zero-order valence-electron chi connectivity index (χ0n) is 8.59. The molecule has 1 rings (SSSR count). The first kappa shape index (κ1) is 11.3. The predicted molar refractivity (Wildman–Crippen MR) is 61.2 cm³/mol. The van der Waals surface area contributed by atoms with Crippen molar-refractivity contribution in [1.82, 2.24) is 5.32 Å². The van der Waals surface area contributed by atoms with Crippen LogP contribution in [0.2, 0.25) is 0 Å². The summed E-state index contributed by atoms with van der Waals surface area (Å²) < 4.78 is 0. The highest BCUT2D eigenvalue weighted by Gasteiger charge is 2.20. The lowest BCUT2D eigenvalue weighted by atomic mass is 10.1. The Balaban J connectivity index is 2.05. The molecule has 3 N–H and O–H groups in total. The van der Waals surface area contributed by atoms with Crippen LogP contribution in [0.3, 0.4) is 0 Å². The molecule has 0 aromatic carbocycles. The van der Waals surface area contributed by atoms with Gasteiger partial charge in [0.25, 0.3) is 0 Å². The summed E-state index contributed by atoms with van der Waals surface area (Å²) in [5.74, 6) is 1.35. The van der Waals surface area contributed by atoms with Crippen LogP contribution in [0.5, 0.6) is 0 Å². The molecule has 2 nitrogen and oxygen atoms in total. The molecule has 0 bridgehead atoms. The van der Waals surface area contributed by atoms with Crippen molar-refractivity contribution in [3.05, 3.63) is 0 Å². The van der Waals surface area contributed by atoms with Gasteiger partial charge in [0.1, 0.15) is 0 Å².